The monoisotopic (exact) mass is 347 g/mol. The molecule has 6 nitrogen and oxygen atoms in total. The Hall–Kier alpha value is -2.54. The second-order valence-corrected chi connectivity index (χ2v) is 6.56. The lowest BCUT2D eigenvalue weighted by atomic mass is 10.1. The summed E-state index contributed by atoms with van der Waals surface area (Å²) in [5.41, 5.74) is 4.92. The molecule has 3 N–H and O–H groups in total. The molecule has 0 bridgehead atoms. The number of carbonyl (C=O) groups excluding carboxylic acids is 1. The van der Waals surface area contributed by atoms with Crippen molar-refractivity contribution in [3.63, 3.8) is 0 Å². The highest BCUT2D eigenvalue weighted by atomic mass is 32.1. The molecule has 128 valence electrons. The lowest BCUT2D eigenvalue weighted by Gasteiger charge is -2.22. The molecule has 24 heavy (non-hydrogen) atoms. The van der Waals surface area contributed by atoms with Gasteiger partial charge in [0.25, 0.3) is 0 Å². The first-order valence-corrected chi connectivity index (χ1v) is 7.89. The fourth-order valence-electron chi connectivity index (χ4n) is 1.80. The van der Waals surface area contributed by atoms with Crippen molar-refractivity contribution in [2.24, 2.45) is 0 Å². The molecule has 1 amide bonds. The minimum absolute atomic E-state index is 0.174. The number of benzene rings is 1. The lowest BCUT2D eigenvalue weighted by Crippen LogP contribution is -2.52. The lowest BCUT2D eigenvalue weighted by molar-refractivity contribution is 0.0911. The van der Waals surface area contributed by atoms with E-state index in [0.29, 0.717) is 10.9 Å². The van der Waals surface area contributed by atoms with Crippen molar-refractivity contribution in [3.05, 3.63) is 54.0 Å². The molecule has 0 aliphatic rings. The summed E-state index contributed by atoms with van der Waals surface area (Å²) in [6.45, 7) is 6.14. The maximum absolute atomic E-state index is 12.0. The summed E-state index contributed by atoms with van der Waals surface area (Å²) in [7, 11) is 0. The van der Waals surface area contributed by atoms with Gasteiger partial charge in [-0.3, -0.25) is 15.6 Å². The van der Waals surface area contributed by atoms with Crippen molar-refractivity contribution < 1.29 is 13.9 Å². The summed E-state index contributed by atoms with van der Waals surface area (Å²) >= 11 is 5.08. The Kier molecular flexibility index (Phi) is 5.81. The number of hydrazine groups is 1. The van der Waals surface area contributed by atoms with E-state index in [4.69, 9.17) is 21.4 Å². The molecule has 1 aromatic carbocycles. The predicted molar refractivity (Wildman–Crippen MR) is 95.6 cm³/mol. The summed E-state index contributed by atoms with van der Waals surface area (Å²) in [5, 5.41) is 3.35. The Morgan fingerprint density at radius 2 is 1.83 bits per heavy atom. The van der Waals surface area contributed by atoms with Crippen LogP contribution in [0.1, 0.15) is 37.1 Å². The van der Waals surface area contributed by atoms with E-state index in [1.807, 2.05) is 51.1 Å². The number of rotatable bonds is 4. The van der Waals surface area contributed by atoms with Gasteiger partial charge in [-0.25, -0.2) is 0 Å². The first-order valence-electron chi connectivity index (χ1n) is 7.48. The molecule has 7 heteroatoms. The smallest absolute Gasteiger partial charge is 0.305 e. The van der Waals surface area contributed by atoms with Crippen LogP contribution in [-0.4, -0.2) is 16.6 Å². The number of ether oxygens (including phenoxy) is 1. The van der Waals surface area contributed by atoms with Gasteiger partial charge in [0.2, 0.25) is 0 Å². The zero-order valence-corrected chi connectivity index (χ0v) is 14.7. The standard InChI is InChI=1S/C17H21N3O3S/c1-17(2,3)18-16(24)20-19-15(21)14-10-9-13(23-14)11-22-12-7-5-4-6-8-12/h4-10H,11H2,1-3H3,(H,19,21)(H2,18,20,24). The summed E-state index contributed by atoms with van der Waals surface area (Å²) in [6.07, 6.45) is 0. The summed E-state index contributed by atoms with van der Waals surface area (Å²) in [6, 6.07) is 12.7. The van der Waals surface area contributed by atoms with Crippen molar-refractivity contribution in [1.29, 1.82) is 0 Å². The molecule has 0 aliphatic heterocycles. The first kappa shape index (κ1) is 17.8. The summed E-state index contributed by atoms with van der Waals surface area (Å²) in [4.78, 5) is 12.0. The molecule has 1 aromatic heterocycles. The molecule has 2 aromatic rings. The van der Waals surface area contributed by atoms with Crippen LogP contribution in [0.15, 0.2) is 46.9 Å². The molecule has 0 saturated carbocycles. The number of thiocarbonyl (C=S) groups is 1. The molecule has 1 heterocycles. The van der Waals surface area contributed by atoms with Gasteiger partial charge in [-0.15, -0.1) is 0 Å². The van der Waals surface area contributed by atoms with Gasteiger partial charge in [0.1, 0.15) is 18.1 Å². The van der Waals surface area contributed by atoms with Gasteiger partial charge in [-0.1, -0.05) is 18.2 Å². The molecule has 0 saturated heterocycles. The number of hydrogen-bond acceptors (Lipinski definition) is 4. The van der Waals surface area contributed by atoms with Crippen molar-refractivity contribution in [2.75, 3.05) is 0 Å². The zero-order valence-electron chi connectivity index (χ0n) is 13.9. The van der Waals surface area contributed by atoms with Crippen LogP contribution in [0.2, 0.25) is 0 Å². The molecule has 0 radical (unpaired) electrons. The average molecular weight is 347 g/mol. The van der Waals surface area contributed by atoms with Gasteiger partial charge < -0.3 is 14.5 Å². The van der Waals surface area contributed by atoms with Crippen LogP contribution in [0.25, 0.3) is 0 Å². The van der Waals surface area contributed by atoms with Crippen LogP contribution in [0.5, 0.6) is 5.75 Å². The van der Waals surface area contributed by atoms with Gasteiger partial charge in [0.15, 0.2) is 10.9 Å². The van der Waals surface area contributed by atoms with Crippen LogP contribution in [-0.2, 0) is 6.61 Å². The highest BCUT2D eigenvalue weighted by Crippen LogP contribution is 2.13. The number of hydrogen-bond donors (Lipinski definition) is 3. The number of nitrogens with one attached hydrogen (secondary N) is 3. The number of para-hydroxylation sites is 1. The van der Waals surface area contributed by atoms with E-state index < -0.39 is 5.91 Å². The molecule has 0 fully saturated rings. The van der Waals surface area contributed by atoms with Crippen molar-refractivity contribution in [3.8, 4) is 5.75 Å². The van der Waals surface area contributed by atoms with Crippen LogP contribution in [0.4, 0.5) is 0 Å². The third kappa shape index (κ3) is 5.92. The SMILES string of the molecule is CC(C)(C)NC(=S)NNC(=O)c1ccc(COc2ccccc2)o1. The van der Waals surface area contributed by atoms with Crippen LogP contribution in [0, 0.1) is 0 Å². The average Bonchev–Trinajstić information content (AvgIpc) is 2.99. The Morgan fingerprint density at radius 3 is 2.50 bits per heavy atom. The third-order valence-corrected chi connectivity index (χ3v) is 2.99. The topological polar surface area (TPSA) is 75.5 Å². The van der Waals surface area contributed by atoms with Gasteiger partial charge in [0, 0.05) is 5.54 Å². The minimum atomic E-state index is -0.418. The zero-order chi connectivity index (χ0) is 17.6. The van der Waals surface area contributed by atoms with Crippen LogP contribution < -0.4 is 20.9 Å². The van der Waals surface area contributed by atoms with E-state index in [-0.39, 0.29) is 17.9 Å². The van der Waals surface area contributed by atoms with Crippen molar-refractivity contribution in [2.45, 2.75) is 32.9 Å². The number of furan rings is 1. The van der Waals surface area contributed by atoms with Gasteiger partial charge in [-0.2, -0.15) is 0 Å². The third-order valence-electron chi connectivity index (χ3n) is 2.79. The van der Waals surface area contributed by atoms with E-state index in [1.165, 1.54) is 0 Å². The van der Waals surface area contributed by atoms with Crippen molar-refractivity contribution >= 4 is 23.2 Å². The second-order valence-electron chi connectivity index (χ2n) is 6.15. The van der Waals surface area contributed by atoms with E-state index in [1.54, 1.807) is 12.1 Å². The summed E-state index contributed by atoms with van der Waals surface area (Å²) in [5.74, 6) is 1.05. The van der Waals surface area contributed by atoms with E-state index in [2.05, 4.69) is 16.2 Å². The van der Waals surface area contributed by atoms with Gasteiger partial charge in [-0.05, 0) is 57.3 Å². The maximum Gasteiger partial charge on any atom is 0.305 e. The molecule has 0 atom stereocenters. The minimum Gasteiger partial charge on any atom is -0.486 e. The number of carbonyl (C=O) groups is 1. The molecule has 0 unspecified atom stereocenters. The maximum atomic E-state index is 12.0. The van der Waals surface area contributed by atoms with E-state index in [9.17, 15) is 4.79 Å². The highest BCUT2D eigenvalue weighted by Gasteiger charge is 2.14. The Labute approximate surface area is 146 Å². The molecular formula is C17H21N3O3S. The van der Waals surface area contributed by atoms with E-state index >= 15 is 0 Å². The Bertz CT molecular complexity index is 693. The Balaban J connectivity index is 1.81. The fourth-order valence-corrected chi connectivity index (χ4v) is 2.15. The Morgan fingerprint density at radius 1 is 1.12 bits per heavy atom. The first-order chi connectivity index (χ1) is 11.3. The van der Waals surface area contributed by atoms with E-state index in [0.717, 1.165) is 5.75 Å². The van der Waals surface area contributed by atoms with Crippen LogP contribution >= 0.6 is 12.2 Å². The van der Waals surface area contributed by atoms with Gasteiger partial charge >= 0.3 is 5.91 Å². The molecule has 0 aliphatic carbocycles. The van der Waals surface area contributed by atoms with Crippen molar-refractivity contribution in [1.82, 2.24) is 16.2 Å². The quantitative estimate of drug-likeness (QED) is 0.583. The van der Waals surface area contributed by atoms with Gasteiger partial charge in [0.05, 0.1) is 0 Å². The van der Waals surface area contributed by atoms with Crippen LogP contribution in [0.3, 0.4) is 0 Å². The summed E-state index contributed by atoms with van der Waals surface area (Å²) < 4.78 is 11.0. The molecular weight excluding hydrogens is 326 g/mol. The predicted octanol–water partition coefficient (Wildman–Crippen LogP) is 2.77. The second kappa shape index (κ2) is 7.83. The molecule has 2 rings (SSSR count). The highest BCUT2D eigenvalue weighted by molar-refractivity contribution is 7.80. The number of amides is 1. The molecule has 0 spiro atoms. The normalized spacial score (nSPS) is 10.8. The fraction of sp³-hybridized carbons (Fsp3) is 0.294. The largest absolute Gasteiger partial charge is 0.486 e.